The second kappa shape index (κ2) is 9.43. The highest BCUT2D eigenvalue weighted by molar-refractivity contribution is 5.83. The van der Waals surface area contributed by atoms with Crippen molar-refractivity contribution in [3.05, 3.63) is 29.3 Å². The molecule has 0 spiro atoms. The number of carbonyl (C=O) groups is 1. The third kappa shape index (κ3) is 4.86. The van der Waals surface area contributed by atoms with Crippen LogP contribution in [0, 0.1) is 11.3 Å². The first-order valence-electron chi connectivity index (χ1n) is 11.6. The van der Waals surface area contributed by atoms with E-state index in [1.807, 2.05) is 13.8 Å². The van der Waals surface area contributed by atoms with Crippen molar-refractivity contribution in [3.63, 3.8) is 0 Å². The lowest BCUT2D eigenvalue weighted by Gasteiger charge is -2.40. The SMILES string of the molecule is CO[C@H]1COCCC1N[C@H]1CC[C@](C(=O)N2COc3ccc(C(F)(F)F)cc3C2)(C(C)C)C1. The van der Waals surface area contributed by atoms with Crippen LogP contribution in [0.5, 0.6) is 5.75 Å². The number of nitrogens with one attached hydrogen (secondary N) is 1. The smallest absolute Gasteiger partial charge is 0.416 e. The first-order valence-corrected chi connectivity index (χ1v) is 11.6. The van der Waals surface area contributed by atoms with Crippen molar-refractivity contribution in [2.45, 2.75) is 70.4 Å². The summed E-state index contributed by atoms with van der Waals surface area (Å²) in [6, 6.07) is 3.80. The van der Waals surface area contributed by atoms with Gasteiger partial charge in [-0.25, -0.2) is 0 Å². The minimum absolute atomic E-state index is 0.0154. The van der Waals surface area contributed by atoms with Gasteiger partial charge in [-0.05, 0) is 49.8 Å². The Bertz CT molecular complexity index is 863. The minimum Gasteiger partial charge on any atom is -0.473 e. The number of methoxy groups -OCH3 is 1. The summed E-state index contributed by atoms with van der Waals surface area (Å²) >= 11 is 0. The largest absolute Gasteiger partial charge is 0.473 e. The highest BCUT2D eigenvalue weighted by atomic mass is 19.4. The summed E-state index contributed by atoms with van der Waals surface area (Å²) in [6.07, 6.45) is -1.32. The van der Waals surface area contributed by atoms with Gasteiger partial charge in [0.05, 0.1) is 30.2 Å². The number of rotatable bonds is 5. The predicted octanol–water partition coefficient (Wildman–Crippen LogP) is 3.97. The van der Waals surface area contributed by atoms with Crippen molar-refractivity contribution in [2.24, 2.45) is 11.3 Å². The van der Waals surface area contributed by atoms with E-state index in [4.69, 9.17) is 14.2 Å². The molecule has 33 heavy (non-hydrogen) atoms. The Morgan fingerprint density at radius 3 is 2.79 bits per heavy atom. The number of amides is 1. The number of hydrogen-bond donors (Lipinski definition) is 1. The molecule has 2 fully saturated rings. The summed E-state index contributed by atoms with van der Waals surface area (Å²) in [4.78, 5) is 15.3. The molecule has 1 aromatic carbocycles. The molecule has 184 valence electrons. The summed E-state index contributed by atoms with van der Waals surface area (Å²) in [7, 11) is 1.68. The molecule has 6 nitrogen and oxygen atoms in total. The summed E-state index contributed by atoms with van der Waals surface area (Å²) in [5, 5.41) is 3.69. The van der Waals surface area contributed by atoms with E-state index >= 15 is 0 Å². The number of alkyl halides is 3. The molecular weight excluding hydrogens is 437 g/mol. The molecule has 1 saturated carbocycles. The van der Waals surface area contributed by atoms with E-state index < -0.39 is 17.2 Å². The Balaban J connectivity index is 1.48. The summed E-state index contributed by atoms with van der Waals surface area (Å²) in [5.41, 5.74) is -0.915. The summed E-state index contributed by atoms with van der Waals surface area (Å²) in [5.74, 6) is 0.453. The number of benzene rings is 1. The predicted molar refractivity (Wildman–Crippen MR) is 116 cm³/mol. The number of halogens is 3. The lowest BCUT2D eigenvalue weighted by atomic mass is 9.74. The first-order chi connectivity index (χ1) is 15.6. The quantitative estimate of drug-likeness (QED) is 0.706. The number of fused-ring (bicyclic) bond motifs is 1. The molecule has 1 N–H and O–H groups in total. The van der Waals surface area contributed by atoms with Gasteiger partial charge in [0, 0.05) is 31.4 Å². The van der Waals surface area contributed by atoms with Crippen LogP contribution in [0.4, 0.5) is 13.2 Å². The molecule has 1 aromatic rings. The van der Waals surface area contributed by atoms with Crippen LogP contribution in [-0.4, -0.2) is 56.0 Å². The van der Waals surface area contributed by atoms with Crippen molar-refractivity contribution in [2.75, 3.05) is 27.1 Å². The maximum absolute atomic E-state index is 13.8. The van der Waals surface area contributed by atoms with Crippen molar-refractivity contribution in [1.29, 1.82) is 0 Å². The second-order valence-electron chi connectivity index (χ2n) is 9.76. The average Bonchev–Trinajstić information content (AvgIpc) is 3.23. The molecule has 2 aliphatic heterocycles. The lowest BCUT2D eigenvalue weighted by molar-refractivity contribution is -0.150. The van der Waals surface area contributed by atoms with Crippen LogP contribution in [0.25, 0.3) is 0 Å². The van der Waals surface area contributed by atoms with Crippen LogP contribution in [0.15, 0.2) is 18.2 Å². The molecule has 0 aromatic heterocycles. The van der Waals surface area contributed by atoms with Crippen LogP contribution >= 0.6 is 0 Å². The monoisotopic (exact) mass is 470 g/mol. The maximum atomic E-state index is 13.8. The lowest BCUT2D eigenvalue weighted by Crippen LogP contribution is -2.52. The molecule has 1 saturated heterocycles. The van der Waals surface area contributed by atoms with Crippen molar-refractivity contribution in [3.8, 4) is 5.75 Å². The molecule has 9 heteroatoms. The van der Waals surface area contributed by atoms with E-state index in [-0.39, 0.29) is 43.3 Å². The molecular formula is C24H33F3N2O4. The zero-order valence-corrected chi connectivity index (χ0v) is 19.4. The standard InChI is InChI=1S/C24H33F3N2O4/c1-15(2)23(8-6-18(11-23)28-19-7-9-32-13-21(19)31-3)22(30)29-12-16-10-17(24(25,26)27)4-5-20(16)33-14-29/h4-5,10,15,18-19,21,28H,6-9,11-14H2,1-3H3/t18-,19?,21-,23+/m0/s1. The van der Waals surface area contributed by atoms with Crippen LogP contribution in [0.3, 0.4) is 0 Å². The van der Waals surface area contributed by atoms with Gasteiger partial charge in [-0.1, -0.05) is 13.8 Å². The van der Waals surface area contributed by atoms with E-state index in [0.29, 0.717) is 30.9 Å². The number of carbonyl (C=O) groups excluding carboxylic acids is 1. The Hall–Kier alpha value is -1.84. The normalized spacial score (nSPS) is 30.3. The summed E-state index contributed by atoms with van der Waals surface area (Å²) < 4.78 is 56.3. The molecule has 0 radical (unpaired) electrons. The highest BCUT2D eigenvalue weighted by Crippen LogP contribution is 2.47. The Kier molecular flexibility index (Phi) is 6.94. The van der Waals surface area contributed by atoms with Gasteiger partial charge in [-0.15, -0.1) is 0 Å². The molecule has 1 aliphatic carbocycles. The first kappa shape index (κ1) is 24.3. The molecule has 1 unspecified atom stereocenters. The number of hydrogen-bond acceptors (Lipinski definition) is 5. The molecule has 4 atom stereocenters. The van der Waals surface area contributed by atoms with Crippen molar-refractivity contribution >= 4 is 5.91 Å². The van der Waals surface area contributed by atoms with E-state index in [1.165, 1.54) is 6.07 Å². The molecule has 2 heterocycles. The zero-order valence-electron chi connectivity index (χ0n) is 19.4. The average molecular weight is 471 g/mol. The Morgan fingerprint density at radius 2 is 2.09 bits per heavy atom. The maximum Gasteiger partial charge on any atom is 0.416 e. The highest BCUT2D eigenvalue weighted by Gasteiger charge is 2.50. The molecule has 0 bridgehead atoms. The van der Waals surface area contributed by atoms with Crippen LogP contribution in [0.1, 0.15) is 50.7 Å². The third-order valence-corrected chi connectivity index (χ3v) is 7.55. The van der Waals surface area contributed by atoms with Gasteiger partial charge in [0.25, 0.3) is 0 Å². The third-order valence-electron chi connectivity index (χ3n) is 7.55. The van der Waals surface area contributed by atoms with Gasteiger partial charge >= 0.3 is 6.18 Å². The minimum atomic E-state index is -4.44. The molecule has 4 rings (SSSR count). The van der Waals surface area contributed by atoms with Gasteiger partial charge in [-0.2, -0.15) is 13.2 Å². The second-order valence-corrected chi connectivity index (χ2v) is 9.76. The van der Waals surface area contributed by atoms with Gasteiger partial charge in [-0.3, -0.25) is 4.79 Å². The van der Waals surface area contributed by atoms with E-state index in [2.05, 4.69) is 5.32 Å². The fourth-order valence-electron chi connectivity index (χ4n) is 5.49. The molecule has 3 aliphatic rings. The van der Waals surface area contributed by atoms with Gasteiger partial charge in [0.2, 0.25) is 5.91 Å². The van der Waals surface area contributed by atoms with Crippen LogP contribution in [-0.2, 0) is 27.0 Å². The number of nitrogens with zero attached hydrogens (tertiary/aromatic N) is 1. The zero-order chi connectivity index (χ0) is 23.8. The van der Waals surface area contributed by atoms with Crippen molar-refractivity contribution in [1.82, 2.24) is 10.2 Å². The van der Waals surface area contributed by atoms with Crippen molar-refractivity contribution < 1.29 is 32.2 Å². The van der Waals surface area contributed by atoms with E-state index in [0.717, 1.165) is 31.4 Å². The van der Waals surface area contributed by atoms with E-state index in [9.17, 15) is 18.0 Å². The summed E-state index contributed by atoms with van der Waals surface area (Å²) in [6.45, 7) is 5.51. The Labute approximate surface area is 192 Å². The fraction of sp³-hybridized carbons (Fsp3) is 0.708. The van der Waals surface area contributed by atoms with Gasteiger partial charge < -0.3 is 24.4 Å². The van der Waals surface area contributed by atoms with Gasteiger partial charge in [0.1, 0.15) is 5.75 Å². The van der Waals surface area contributed by atoms with Crippen LogP contribution < -0.4 is 10.1 Å². The van der Waals surface area contributed by atoms with E-state index in [1.54, 1.807) is 12.0 Å². The fourth-order valence-corrected chi connectivity index (χ4v) is 5.49. The topological polar surface area (TPSA) is 60.0 Å². The number of ether oxygens (including phenoxy) is 3. The Morgan fingerprint density at radius 1 is 1.30 bits per heavy atom. The van der Waals surface area contributed by atoms with Crippen LogP contribution in [0.2, 0.25) is 0 Å². The van der Waals surface area contributed by atoms with Gasteiger partial charge in [0.15, 0.2) is 6.73 Å². The molecule has 1 amide bonds.